The average molecular weight is 636 g/mol. The molecule has 11 rings (SSSR count). The van der Waals surface area contributed by atoms with E-state index in [0.717, 1.165) is 94.1 Å². The SMILES string of the molecule is [C-]#[N+]c1ccc2c(-c3ccc4c(c3)Oc3cccc5cccc-4c35)c3ccccc3c(-c3ccc4c5c(cccc35)Oc3ccccc3-4)c2c1. The van der Waals surface area contributed by atoms with Crippen LogP contribution in [0.15, 0.2) is 152 Å². The van der Waals surface area contributed by atoms with E-state index in [1.807, 2.05) is 18.2 Å². The molecule has 3 nitrogen and oxygen atoms in total. The van der Waals surface area contributed by atoms with Crippen molar-refractivity contribution in [1.29, 1.82) is 0 Å². The summed E-state index contributed by atoms with van der Waals surface area (Å²) >= 11 is 0. The van der Waals surface area contributed by atoms with Crippen molar-refractivity contribution in [3.63, 3.8) is 0 Å². The first-order valence-electron chi connectivity index (χ1n) is 16.8. The summed E-state index contributed by atoms with van der Waals surface area (Å²) in [7, 11) is 0. The van der Waals surface area contributed by atoms with Gasteiger partial charge in [-0.3, -0.25) is 0 Å². The second-order valence-corrected chi connectivity index (χ2v) is 13.0. The summed E-state index contributed by atoms with van der Waals surface area (Å²) in [6.07, 6.45) is 0. The van der Waals surface area contributed by atoms with Crippen LogP contribution in [0.25, 0.3) is 92.4 Å². The number of nitrogens with zero attached hydrogens (tertiary/aromatic N) is 1. The van der Waals surface area contributed by atoms with Crippen molar-refractivity contribution >= 4 is 48.8 Å². The van der Waals surface area contributed by atoms with Crippen molar-refractivity contribution < 1.29 is 9.47 Å². The molecule has 0 unspecified atom stereocenters. The minimum absolute atomic E-state index is 0.610. The van der Waals surface area contributed by atoms with Gasteiger partial charge in [-0.1, -0.05) is 115 Å². The molecule has 2 aliphatic rings. The monoisotopic (exact) mass is 635 g/mol. The first-order chi connectivity index (χ1) is 24.7. The fourth-order valence-electron chi connectivity index (χ4n) is 8.35. The highest BCUT2D eigenvalue weighted by molar-refractivity contribution is 6.25. The number of hydrogen-bond donors (Lipinski definition) is 0. The van der Waals surface area contributed by atoms with E-state index in [1.54, 1.807) is 0 Å². The van der Waals surface area contributed by atoms with Gasteiger partial charge in [0.1, 0.15) is 23.0 Å². The minimum atomic E-state index is 0.610. The Morgan fingerprint density at radius 1 is 0.380 bits per heavy atom. The van der Waals surface area contributed by atoms with Gasteiger partial charge >= 0.3 is 0 Å². The third kappa shape index (κ3) is 3.68. The summed E-state index contributed by atoms with van der Waals surface area (Å²) < 4.78 is 13.1. The largest absolute Gasteiger partial charge is 0.456 e. The Bertz CT molecular complexity index is 3000. The standard InChI is InChI=1S/C47H25NO2/c1-48-29-20-22-38-39(26-29)46(37-24-23-36-30-11-4-5-16-40(30)49-42-18-8-15-35(37)47(36)42)34-13-3-2-12-33(34)44(38)28-19-21-31-32-14-6-9-27-10-7-17-41(45(27)32)50-43(31)25-28/h2-26H. The van der Waals surface area contributed by atoms with Gasteiger partial charge in [0.15, 0.2) is 5.69 Å². The summed E-state index contributed by atoms with van der Waals surface area (Å²) in [5, 5.41) is 8.95. The van der Waals surface area contributed by atoms with Crippen LogP contribution in [0.2, 0.25) is 0 Å². The van der Waals surface area contributed by atoms with Crippen molar-refractivity contribution in [2.75, 3.05) is 0 Å². The quantitative estimate of drug-likeness (QED) is 0.139. The van der Waals surface area contributed by atoms with Crippen LogP contribution in [-0.2, 0) is 0 Å². The van der Waals surface area contributed by atoms with Crippen molar-refractivity contribution in [3.8, 4) is 67.5 Å². The van der Waals surface area contributed by atoms with Crippen LogP contribution < -0.4 is 9.47 Å². The normalized spacial score (nSPS) is 12.3. The molecule has 0 saturated heterocycles. The summed E-state index contributed by atoms with van der Waals surface area (Å²) in [5.41, 5.74) is 9.57. The molecule has 0 bridgehead atoms. The molecule has 230 valence electrons. The van der Waals surface area contributed by atoms with E-state index in [2.05, 4.69) is 138 Å². The van der Waals surface area contributed by atoms with E-state index in [0.29, 0.717) is 5.69 Å². The fourth-order valence-corrected chi connectivity index (χ4v) is 8.35. The lowest BCUT2D eigenvalue weighted by Crippen LogP contribution is -1.99. The van der Waals surface area contributed by atoms with Gasteiger partial charge in [-0.15, -0.1) is 0 Å². The van der Waals surface area contributed by atoms with Crippen molar-refractivity contribution in [2.24, 2.45) is 0 Å². The van der Waals surface area contributed by atoms with Crippen LogP contribution in [0.4, 0.5) is 5.69 Å². The van der Waals surface area contributed by atoms with Gasteiger partial charge in [0.2, 0.25) is 0 Å². The van der Waals surface area contributed by atoms with Gasteiger partial charge in [0.05, 0.1) is 6.57 Å². The Morgan fingerprint density at radius 3 is 1.86 bits per heavy atom. The van der Waals surface area contributed by atoms with Crippen molar-refractivity contribution in [2.45, 2.75) is 0 Å². The predicted molar refractivity (Wildman–Crippen MR) is 205 cm³/mol. The Balaban J connectivity index is 1.21. The zero-order valence-corrected chi connectivity index (χ0v) is 26.7. The van der Waals surface area contributed by atoms with E-state index in [4.69, 9.17) is 16.0 Å². The molecule has 9 aromatic carbocycles. The number of ether oxygens (including phenoxy) is 2. The molecule has 0 aliphatic carbocycles. The Labute approximate surface area is 288 Å². The van der Waals surface area contributed by atoms with Gasteiger partial charge in [-0.05, 0) is 102 Å². The molecule has 0 amide bonds. The van der Waals surface area contributed by atoms with Crippen LogP contribution in [-0.4, -0.2) is 0 Å². The summed E-state index contributed by atoms with van der Waals surface area (Å²) in [6, 6.07) is 53.1. The lowest BCUT2D eigenvalue weighted by atomic mass is 9.83. The molecule has 3 heteroatoms. The zero-order chi connectivity index (χ0) is 32.9. The molecule has 2 heterocycles. The van der Waals surface area contributed by atoms with Gasteiger partial charge in [-0.25, -0.2) is 4.85 Å². The van der Waals surface area contributed by atoms with Crippen LogP contribution >= 0.6 is 0 Å². The highest BCUT2D eigenvalue weighted by atomic mass is 16.5. The number of hydrogen-bond acceptors (Lipinski definition) is 2. The van der Waals surface area contributed by atoms with E-state index < -0.39 is 0 Å². The topological polar surface area (TPSA) is 22.8 Å². The fraction of sp³-hybridized carbons (Fsp3) is 0. The molecule has 50 heavy (non-hydrogen) atoms. The Hall–Kier alpha value is -6.89. The Morgan fingerprint density at radius 2 is 0.980 bits per heavy atom. The van der Waals surface area contributed by atoms with Crippen LogP contribution in [0, 0.1) is 6.57 Å². The van der Waals surface area contributed by atoms with E-state index in [-0.39, 0.29) is 0 Å². The summed E-state index contributed by atoms with van der Waals surface area (Å²) in [5.74, 6) is 3.45. The van der Waals surface area contributed by atoms with Crippen molar-refractivity contribution in [1.82, 2.24) is 0 Å². The number of para-hydroxylation sites is 1. The lowest BCUT2D eigenvalue weighted by Gasteiger charge is -2.24. The van der Waals surface area contributed by atoms with Crippen molar-refractivity contribution in [3.05, 3.63) is 163 Å². The molecule has 0 saturated carbocycles. The minimum Gasteiger partial charge on any atom is -0.456 e. The van der Waals surface area contributed by atoms with Gasteiger partial charge < -0.3 is 9.47 Å². The first-order valence-corrected chi connectivity index (χ1v) is 16.8. The molecular formula is C47H25NO2. The van der Waals surface area contributed by atoms with E-state index in [1.165, 1.54) is 16.5 Å². The van der Waals surface area contributed by atoms with Crippen LogP contribution in [0.5, 0.6) is 23.0 Å². The first kappa shape index (κ1) is 27.1. The molecular weight excluding hydrogens is 611 g/mol. The third-order valence-electron chi connectivity index (χ3n) is 10.5. The highest BCUT2D eigenvalue weighted by Gasteiger charge is 2.25. The predicted octanol–water partition coefficient (Wildman–Crippen LogP) is 13.7. The molecule has 9 aromatic rings. The maximum Gasteiger partial charge on any atom is 0.187 e. The van der Waals surface area contributed by atoms with Gasteiger partial charge in [-0.2, -0.15) is 0 Å². The molecule has 0 atom stereocenters. The number of rotatable bonds is 2. The van der Waals surface area contributed by atoms with E-state index in [9.17, 15) is 0 Å². The van der Waals surface area contributed by atoms with Gasteiger partial charge in [0, 0.05) is 21.9 Å². The van der Waals surface area contributed by atoms with Crippen LogP contribution in [0.1, 0.15) is 0 Å². The second-order valence-electron chi connectivity index (χ2n) is 13.0. The maximum absolute atomic E-state index is 7.97. The average Bonchev–Trinajstić information content (AvgIpc) is 3.17. The summed E-state index contributed by atoms with van der Waals surface area (Å²) in [6.45, 7) is 7.97. The lowest BCUT2D eigenvalue weighted by molar-refractivity contribution is 0.487. The molecule has 0 N–H and O–H groups in total. The third-order valence-corrected chi connectivity index (χ3v) is 10.5. The highest BCUT2D eigenvalue weighted by Crippen LogP contribution is 2.53. The summed E-state index contributed by atoms with van der Waals surface area (Å²) in [4.78, 5) is 3.88. The molecule has 0 radical (unpaired) electrons. The number of fused-ring (bicyclic) bond motifs is 6. The maximum atomic E-state index is 7.97. The second kappa shape index (κ2) is 10.1. The Kier molecular flexibility index (Phi) is 5.45. The number of benzene rings is 9. The molecule has 2 aliphatic heterocycles. The smallest absolute Gasteiger partial charge is 0.187 e. The molecule has 0 fully saturated rings. The molecule has 0 spiro atoms. The van der Waals surface area contributed by atoms with Crippen LogP contribution in [0.3, 0.4) is 0 Å². The van der Waals surface area contributed by atoms with E-state index >= 15 is 0 Å². The zero-order valence-electron chi connectivity index (χ0n) is 26.7. The molecule has 0 aromatic heterocycles. The van der Waals surface area contributed by atoms with Gasteiger partial charge in [0.25, 0.3) is 0 Å².